The molecule has 0 spiro atoms. The average Bonchev–Trinajstić information content (AvgIpc) is 2.38. The SMILES string of the molecule is COc1ccc(NCc2ccccc2N)nc1. The maximum Gasteiger partial charge on any atom is 0.137 e. The second-order valence-electron chi connectivity index (χ2n) is 3.64. The Bertz CT molecular complexity index is 482. The average molecular weight is 229 g/mol. The molecule has 0 atom stereocenters. The Morgan fingerprint density at radius 2 is 2.06 bits per heavy atom. The first kappa shape index (κ1) is 11.3. The summed E-state index contributed by atoms with van der Waals surface area (Å²) in [7, 11) is 1.62. The lowest BCUT2D eigenvalue weighted by atomic mass is 10.2. The number of benzene rings is 1. The molecule has 3 N–H and O–H groups in total. The zero-order valence-electron chi connectivity index (χ0n) is 9.68. The first-order chi connectivity index (χ1) is 8.29. The molecular formula is C13H15N3O. The highest BCUT2D eigenvalue weighted by Crippen LogP contribution is 2.14. The molecule has 1 aromatic heterocycles. The minimum absolute atomic E-state index is 0.659. The van der Waals surface area contributed by atoms with Gasteiger partial charge in [-0.1, -0.05) is 18.2 Å². The Balaban J connectivity index is 2.00. The van der Waals surface area contributed by atoms with Crippen molar-refractivity contribution in [1.82, 2.24) is 4.98 Å². The van der Waals surface area contributed by atoms with E-state index in [4.69, 9.17) is 10.5 Å². The maximum absolute atomic E-state index is 5.85. The van der Waals surface area contributed by atoms with E-state index in [0.717, 1.165) is 22.8 Å². The fourth-order valence-corrected chi connectivity index (χ4v) is 1.49. The van der Waals surface area contributed by atoms with Gasteiger partial charge in [0.15, 0.2) is 0 Å². The lowest BCUT2D eigenvalue weighted by Crippen LogP contribution is -2.03. The first-order valence-electron chi connectivity index (χ1n) is 5.37. The van der Waals surface area contributed by atoms with E-state index in [1.807, 2.05) is 36.4 Å². The fourth-order valence-electron chi connectivity index (χ4n) is 1.49. The van der Waals surface area contributed by atoms with Crippen LogP contribution in [0.1, 0.15) is 5.56 Å². The molecule has 0 aliphatic carbocycles. The van der Waals surface area contributed by atoms with Crippen LogP contribution in [0.2, 0.25) is 0 Å². The molecule has 4 nitrogen and oxygen atoms in total. The predicted octanol–water partition coefficient (Wildman–Crippen LogP) is 2.28. The highest BCUT2D eigenvalue weighted by Gasteiger charge is 1.99. The van der Waals surface area contributed by atoms with Gasteiger partial charge in [-0.05, 0) is 23.8 Å². The van der Waals surface area contributed by atoms with E-state index in [0.29, 0.717) is 6.54 Å². The number of pyridine rings is 1. The number of nitrogen functional groups attached to an aromatic ring is 1. The number of nitrogens with two attached hydrogens (primary N) is 1. The number of para-hydroxylation sites is 1. The largest absolute Gasteiger partial charge is 0.495 e. The van der Waals surface area contributed by atoms with Gasteiger partial charge >= 0.3 is 0 Å². The second kappa shape index (κ2) is 5.21. The highest BCUT2D eigenvalue weighted by molar-refractivity contribution is 5.48. The lowest BCUT2D eigenvalue weighted by molar-refractivity contribution is 0.413. The van der Waals surface area contributed by atoms with Gasteiger partial charge < -0.3 is 15.8 Å². The van der Waals surface area contributed by atoms with Crippen molar-refractivity contribution in [2.24, 2.45) is 0 Å². The number of nitrogens with one attached hydrogen (secondary N) is 1. The van der Waals surface area contributed by atoms with Crippen LogP contribution >= 0.6 is 0 Å². The molecule has 4 heteroatoms. The molecule has 0 unspecified atom stereocenters. The van der Waals surface area contributed by atoms with Crippen LogP contribution in [0.4, 0.5) is 11.5 Å². The molecule has 17 heavy (non-hydrogen) atoms. The number of ether oxygens (including phenoxy) is 1. The second-order valence-corrected chi connectivity index (χ2v) is 3.64. The van der Waals surface area contributed by atoms with Gasteiger partial charge in [-0.2, -0.15) is 0 Å². The number of hydrogen-bond donors (Lipinski definition) is 2. The molecule has 0 saturated heterocycles. The molecule has 2 rings (SSSR count). The van der Waals surface area contributed by atoms with Crippen molar-refractivity contribution in [3.8, 4) is 5.75 Å². The standard InChI is InChI=1S/C13H15N3O/c1-17-11-6-7-13(16-9-11)15-8-10-4-2-3-5-12(10)14/h2-7,9H,8,14H2,1H3,(H,15,16). The molecule has 2 aromatic rings. The lowest BCUT2D eigenvalue weighted by Gasteiger charge is -2.08. The zero-order chi connectivity index (χ0) is 12.1. The summed E-state index contributed by atoms with van der Waals surface area (Å²) in [6, 6.07) is 11.5. The molecule has 1 aromatic carbocycles. The van der Waals surface area contributed by atoms with E-state index < -0.39 is 0 Å². The van der Waals surface area contributed by atoms with Crippen LogP contribution < -0.4 is 15.8 Å². The van der Waals surface area contributed by atoms with Crippen LogP contribution in [0.5, 0.6) is 5.75 Å². The molecule has 0 radical (unpaired) electrons. The van der Waals surface area contributed by atoms with Crippen molar-refractivity contribution in [1.29, 1.82) is 0 Å². The van der Waals surface area contributed by atoms with Gasteiger partial charge in [-0.3, -0.25) is 0 Å². The smallest absolute Gasteiger partial charge is 0.137 e. The maximum atomic E-state index is 5.85. The van der Waals surface area contributed by atoms with Crippen molar-refractivity contribution in [2.45, 2.75) is 6.54 Å². The molecule has 88 valence electrons. The third-order valence-electron chi connectivity index (χ3n) is 2.49. The van der Waals surface area contributed by atoms with Gasteiger partial charge in [0.1, 0.15) is 11.6 Å². The van der Waals surface area contributed by atoms with Gasteiger partial charge in [-0.25, -0.2) is 4.98 Å². The van der Waals surface area contributed by atoms with Crippen LogP contribution in [-0.2, 0) is 6.54 Å². The number of hydrogen-bond acceptors (Lipinski definition) is 4. The monoisotopic (exact) mass is 229 g/mol. The molecule has 0 bridgehead atoms. The summed E-state index contributed by atoms with van der Waals surface area (Å²) in [6.45, 7) is 0.659. The fraction of sp³-hybridized carbons (Fsp3) is 0.154. The minimum Gasteiger partial charge on any atom is -0.495 e. The van der Waals surface area contributed by atoms with Crippen LogP contribution in [0.25, 0.3) is 0 Å². The van der Waals surface area contributed by atoms with Gasteiger partial charge in [-0.15, -0.1) is 0 Å². The summed E-state index contributed by atoms with van der Waals surface area (Å²) in [5.74, 6) is 1.55. The van der Waals surface area contributed by atoms with Gasteiger partial charge in [0.25, 0.3) is 0 Å². The van der Waals surface area contributed by atoms with Gasteiger partial charge in [0, 0.05) is 12.2 Å². The summed E-state index contributed by atoms with van der Waals surface area (Å²) in [6.07, 6.45) is 1.68. The Labute approximate surface area is 100 Å². The van der Waals surface area contributed by atoms with Crippen molar-refractivity contribution < 1.29 is 4.74 Å². The number of aromatic nitrogens is 1. The van der Waals surface area contributed by atoms with E-state index in [-0.39, 0.29) is 0 Å². The van der Waals surface area contributed by atoms with Crippen LogP contribution in [0.15, 0.2) is 42.6 Å². The zero-order valence-corrected chi connectivity index (χ0v) is 9.68. The first-order valence-corrected chi connectivity index (χ1v) is 5.37. The van der Waals surface area contributed by atoms with E-state index >= 15 is 0 Å². The summed E-state index contributed by atoms with van der Waals surface area (Å²) in [5.41, 5.74) is 7.70. The molecule has 0 fully saturated rings. The quantitative estimate of drug-likeness (QED) is 0.790. The third kappa shape index (κ3) is 2.87. The number of rotatable bonds is 4. The minimum atomic E-state index is 0.659. The van der Waals surface area contributed by atoms with Crippen LogP contribution in [0.3, 0.4) is 0 Å². The van der Waals surface area contributed by atoms with E-state index in [1.165, 1.54) is 0 Å². The van der Waals surface area contributed by atoms with E-state index in [9.17, 15) is 0 Å². The Kier molecular flexibility index (Phi) is 3.45. The van der Waals surface area contributed by atoms with Crippen molar-refractivity contribution >= 4 is 11.5 Å². The summed E-state index contributed by atoms with van der Waals surface area (Å²) in [5, 5.41) is 3.21. The number of nitrogens with zero attached hydrogens (tertiary/aromatic N) is 1. The van der Waals surface area contributed by atoms with Crippen LogP contribution in [-0.4, -0.2) is 12.1 Å². The number of methoxy groups -OCH3 is 1. The molecular weight excluding hydrogens is 214 g/mol. The van der Waals surface area contributed by atoms with Gasteiger partial charge in [0.2, 0.25) is 0 Å². The molecule has 0 saturated carbocycles. The summed E-state index contributed by atoms with van der Waals surface area (Å²) < 4.78 is 5.04. The van der Waals surface area contributed by atoms with E-state index in [2.05, 4.69) is 10.3 Å². The third-order valence-corrected chi connectivity index (χ3v) is 2.49. The highest BCUT2D eigenvalue weighted by atomic mass is 16.5. The topological polar surface area (TPSA) is 60.2 Å². The molecule has 0 aliphatic heterocycles. The normalized spacial score (nSPS) is 9.94. The molecule has 1 heterocycles. The summed E-state index contributed by atoms with van der Waals surface area (Å²) >= 11 is 0. The van der Waals surface area contributed by atoms with Crippen LogP contribution in [0, 0.1) is 0 Å². The van der Waals surface area contributed by atoms with Crippen molar-refractivity contribution in [3.63, 3.8) is 0 Å². The van der Waals surface area contributed by atoms with Gasteiger partial charge in [0.05, 0.1) is 13.3 Å². The Morgan fingerprint density at radius 3 is 2.71 bits per heavy atom. The van der Waals surface area contributed by atoms with Crippen molar-refractivity contribution in [2.75, 3.05) is 18.2 Å². The number of anilines is 2. The predicted molar refractivity (Wildman–Crippen MR) is 69.0 cm³/mol. The van der Waals surface area contributed by atoms with Crippen molar-refractivity contribution in [3.05, 3.63) is 48.2 Å². The Morgan fingerprint density at radius 1 is 1.24 bits per heavy atom. The molecule has 0 aliphatic rings. The Hall–Kier alpha value is -2.23. The molecule has 0 amide bonds. The summed E-state index contributed by atoms with van der Waals surface area (Å²) in [4.78, 5) is 4.22. The van der Waals surface area contributed by atoms with E-state index in [1.54, 1.807) is 13.3 Å².